The molecule has 1 amide bonds. The quantitative estimate of drug-likeness (QED) is 0.523. The number of hydrogen-bond donors (Lipinski definition) is 1. The summed E-state index contributed by atoms with van der Waals surface area (Å²) in [5.74, 6) is 1.58. The Morgan fingerprint density at radius 1 is 1.88 bits per heavy atom. The highest BCUT2D eigenvalue weighted by atomic mass is 16.1. The minimum Gasteiger partial charge on any atom is -0.348 e. The largest absolute Gasteiger partial charge is 0.348 e. The zero-order chi connectivity index (χ0) is 5.98. The molecule has 45 valence electrons. The Morgan fingerprint density at radius 2 is 2.50 bits per heavy atom. The first-order valence-corrected chi connectivity index (χ1v) is 2.94. The molecule has 2 atom stereocenters. The maximum atomic E-state index is 9.61. The van der Waals surface area contributed by atoms with E-state index in [0.29, 0.717) is 0 Å². The molecular formula is C6H10NO. The van der Waals surface area contributed by atoms with E-state index in [2.05, 4.69) is 12.2 Å². The van der Waals surface area contributed by atoms with E-state index in [0.717, 1.165) is 18.4 Å². The van der Waals surface area contributed by atoms with Gasteiger partial charge in [0.2, 0.25) is 0 Å². The summed E-state index contributed by atoms with van der Waals surface area (Å²) in [7, 11) is 0. The van der Waals surface area contributed by atoms with Crippen molar-refractivity contribution in [2.24, 2.45) is 11.8 Å². The fraction of sp³-hybridized carbons (Fsp3) is 0.833. The fourth-order valence-corrected chi connectivity index (χ4v) is 0.856. The van der Waals surface area contributed by atoms with Crippen LogP contribution in [-0.4, -0.2) is 13.0 Å². The van der Waals surface area contributed by atoms with Gasteiger partial charge in [0.15, 0.2) is 0 Å². The number of hydrogen-bond acceptors (Lipinski definition) is 1. The number of carbonyl (C=O) groups excluding carboxylic acids is 1. The lowest BCUT2D eigenvalue weighted by molar-refractivity contribution is 0.537. The predicted octanol–water partition coefficient (Wildman–Crippen LogP) is 0.299. The van der Waals surface area contributed by atoms with Crippen LogP contribution in [0.3, 0.4) is 0 Å². The monoisotopic (exact) mass is 112 g/mol. The lowest BCUT2D eigenvalue weighted by Crippen LogP contribution is -2.14. The molecule has 0 aromatic carbocycles. The Morgan fingerprint density at radius 3 is 2.88 bits per heavy atom. The summed E-state index contributed by atoms with van der Waals surface area (Å²) < 4.78 is 0. The molecule has 0 bridgehead atoms. The van der Waals surface area contributed by atoms with E-state index in [9.17, 15) is 4.79 Å². The van der Waals surface area contributed by atoms with Crippen LogP contribution in [0.2, 0.25) is 0 Å². The standard InChI is InChI=1S/C6H10NO/c1-5-2-6(5)3-7-4-8/h5-6H,2-3H2,1H3,(H,7,8). The number of nitrogens with one attached hydrogen (secondary N) is 1. The SMILES string of the molecule is CC1CC1CN[C]=O. The van der Waals surface area contributed by atoms with Crippen molar-refractivity contribution in [1.82, 2.24) is 5.32 Å². The van der Waals surface area contributed by atoms with Gasteiger partial charge >= 0.3 is 6.41 Å². The molecule has 2 heteroatoms. The second-order valence-electron chi connectivity index (χ2n) is 2.46. The third kappa shape index (κ3) is 1.22. The minimum absolute atomic E-state index is 0.747. The Balaban J connectivity index is 1.97. The second-order valence-corrected chi connectivity index (χ2v) is 2.46. The molecule has 0 aromatic rings. The van der Waals surface area contributed by atoms with Gasteiger partial charge in [-0.3, -0.25) is 4.79 Å². The van der Waals surface area contributed by atoms with Gasteiger partial charge in [0.1, 0.15) is 0 Å². The van der Waals surface area contributed by atoms with Crippen molar-refractivity contribution >= 4 is 6.41 Å². The van der Waals surface area contributed by atoms with Crippen LogP contribution >= 0.6 is 0 Å². The molecular weight excluding hydrogens is 102 g/mol. The summed E-state index contributed by atoms with van der Waals surface area (Å²) in [6.07, 6.45) is 2.93. The summed E-state index contributed by atoms with van der Waals surface area (Å²) >= 11 is 0. The van der Waals surface area contributed by atoms with Gasteiger partial charge in [-0.05, 0) is 18.3 Å². The Kier molecular flexibility index (Phi) is 1.51. The maximum Gasteiger partial charge on any atom is 0.309 e. The highest BCUT2D eigenvalue weighted by molar-refractivity contribution is 5.47. The molecule has 0 heterocycles. The average molecular weight is 112 g/mol. The zero-order valence-electron chi connectivity index (χ0n) is 4.98. The van der Waals surface area contributed by atoms with Gasteiger partial charge < -0.3 is 5.32 Å². The van der Waals surface area contributed by atoms with E-state index in [1.54, 1.807) is 6.41 Å². The van der Waals surface area contributed by atoms with E-state index >= 15 is 0 Å². The van der Waals surface area contributed by atoms with Crippen molar-refractivity contribution in [3.63, 3.8) is 0 Å². The predicted molar refractivity (Wildman–Crippen MR) is 31.0 cm³/mol. The Labute approximate surface area is 49.3 Å². The molecule has 1 saturated carbocycles. The van der Waals surface area contributed by atoms with Crippen LogP contribution in [0.5, 0.6) is 0 Å². The normalized spacial score (nSPS) is 34.1. The van der Waals surface area contributed by atoms with Gasteiger partial charge in [-0.1, -0.05) is 6.92 Å². The van der Waals surface area contributed by atoms with Crippen LogP contribution in [0, 0.1) is 11.8 Å². The molecule has 1 aliphatic rings. The van der Waals surface area contributed by atoms with Gasteiger partial charge in [0.25, 0.3) is 0 Å². The van der Waals surface area contributed by atoms with Gasteiger partial charge in [-0.25, -0.2) is 0 Å². The lowest BCUT2D eigenvalue weighted by atomic mass is 10.3. The summed E-state index contributed by atoms with van der Waals surface area (Å²) in [6, 6.07) is 0. The van der Waals surface area contributed by atoms with Crippen molar-refractivity contribution < 1.29 is 4.79 Å². The molecule has 0 aromatic heterocycles. The third-order valence-electron chi connectivity index (χ3n) is 1.71. The molecule has 1 N–H and O–H groups in total. The molecule has 0 saturated heterocycles. The summed E-state index contributed by atoms with van der Waals surface area (Å²) in [4.78, 5) is 9.61. The first-order valence-electron chi connectivity index (χ1n) is 2.94. The number of rotatable bonds is 3. The van der Waals surface area contributed by atoms with Gasteiger partial charge in [-0.15, -0.1) is 0 Å². The van der Waals surface area contributed by atoms with E-state index < -0.39 is 0 Å². The minimum atomic E-state index is 0.747. The van der Waals surface area contributed by atoms with Crippen molar-refractivity contribution in [3.05, 3.63) is 0 Å². The zero-order valence-corrected chi connectivity index (χ0v) is 4.98. The van der Waals surface area contributed by atoms with Crippen LogP contribution in [-0.2, 0) is 4.79 Å². The molecule has 2 unspecified atom stereocenters. The smallest absolute Gasteiger partial charge is 0.309 e. The number of amides is 1. The molecule has 0 spiro atoms. The highest BCUT2D eigenvalue weighted by Gasteiger charge is 2.31. The van der Waals surface area contributed by atoms with Crippen molar-refractivity contribution in [2.75, 3.05) is 6.54 Å². The summed E-state index contributed by atoms with van der Waals surface area (Å²) in [6.45, 7) is 3.02. The lowest BCUT2D eigenvalue weighted by Gasteiger charge is -1.90. The molecule has 1 rings (SSSR count). The fourth-order valence-electron chi connectivity index (χ4n) is 0.856. The first-order chi connectivity index (χ1) is 3.84. The van der Waals surface area contributed by atoms with E-state index in [4.69, 9.17) is 0 Å². The maximum absolute atomic E-state index is 9.61. The molecule has 1 fully saturated rings. The van der Waals surface area contributed by atoms with Crippen molar-refractivity contribution in [3.8, 4) is 0 Å². The summed E-state index contributed by atoms with van der Waals surface area (Å²) in [5.41, 5.74) is 0. The van der Waals surface area contributed by atoms with Crippen LogP contribution < -0.4 is 5.32 Å². The highest BCUT2D eigenvalue weighted by Crippen LogP contribution is 2.36. The van der Waals surface area contributed by atoms with Gasteiger partial charge in [0.05, 0.1) is 0 Å². The Hall–Kier alpha value is -0.530. The van der Waals surface area contributed by atoms with Crippen molar-refractivity contribution in [1.29, 1.82) is 0 Å². The Bertz CT molecular complexity index is 92.5. The third-order valence-corrected chi connectivity index (χ3v) is 1.71. The topological polar surface area (TPSA) is 29.1 Å². The van der Waals surface area contributed by atoms with Crippen LogP contribution in [0.15, 0.2) is 0 Å². The molecule has 8 heavy (non-hydrogen) atoms. The first kappa shape index (κ1) is 5.60. The van der Waals surface area contributed by atoms with Crippen LogP contribution in [0.4, 0.5) is 0 Å². The van der Waals surface area contributed by atoms with Gasteiger partial charge in [-0.2, -0.15) is 0 Å². The molecule has 1 radical (unpaired) electrons. The van der Waals surface area contributed by atoms with E-state index in [1.165, 1.54) is 6.42 Å². The van der Waals surface area contributed by atoms with Crippen molar-refractivity contribution in [2.45, 2.75) is 13.3 Å². The van der Waals surface area contributed by atoms with E-state index in [1.807, 2.05) is 0 Å². The molecule has 1 aliphatic carbocycles. The molecule has 2 nitrogen and oxygen atoms in total. The average Bonchev–Trinajstić information content (AvgIpc) is 2.42. The van der Waals surface area contributed by atoms with Gasteiger partial charge in [0, 0.05) is 6.54 Å². The summed E-state index contributed by atoms with van der Waals surface area (Å²) in [5, 5.41) is 2.54. The molecule has 0 aliphatic heterocycles. The van der Waals surface area contributed by atoms with Crippen LogP contribution in [0.1, 0.15) is 13.3 Å². The van der Waals surface area contributed by atoms with Crippen LogP contribution in [0.25, 0.3) is 0 Å². The van der Waals surface area contributed by atoms with E-state index in [-0.39, 0.29) is 0 Å². The second kappa shape index (κ2) is 2.16.